The first-order valence-electron chi connectivity index (χ1n) is 6.86. The van der Waals surface area contributed by atoms with Gasteiger partial charge in [-0.25, -0.2) is 9.97 Å². The molecular weight excluding hydrogens is 371 g/mol. The second kappa shape index (κ2) is 6.81. The van der Waals surface area contributed by atoms with Gasteiger partial charge >= 0.3 is 0 Å². The maximum absolute atomic E-state index is 9.73. The summed E-state index contributed by atoms with van der Waals surface area (Å²) in [4.78, 5) is 8.48. The van der Waals surface area contributed by atoms with Crippen LogP contribution in [0.3, 0.4) is 0 Å². The van der Waals surface area contributed by atoms with Crippen molar-refractivity contribution < 1.29 is 5.11 Å². The minimum absolute atomic E-state index is 0.0476. The van der Waals surface area contributed by atoms with Crippen molar-refractivity contribution in [3.63, 3.8) is 0 Å². The molecule has 2 N–H and O–H groups in total. The minimum Gasteiger partial charge on any atom is -0.507 e. The first-order chi connectivity index (χ1) is 11.4. The van der Waals surface area contributed by atoms with Gasteiger partial charge in [0.15, 0.2) is 11.6 Å². The molecule has 0 saturated heterocycles. The normalized spacial score (nSPS) is 12.0. The van der Waals surface area contributed by atoms with Crippen LogP contribution in [0.25, 0.3) is 10.9 Å². The van der Waals surface area contributed by atoms with E-state index in [1.807, 2.05) is 18.2 Å². The van der Waals surface area contributed by atoms with Crippen LogP contribution in [0.5, 0.6) is 5.75 Å². The average Bonchev–Trinajstić information content (AvgIpc) is 2.55. The molecule has 0 fully saturated rings. The molecule has 0 unspecified atom stereocenters. The molecule has 0 aliphatic carbocycles. The summed E-state index contributed by atoms with van der Waals surface area (Å²) in [6, 6.07) is 14.1. The van der Waals surface area contributed by atoms with Gasteiger partial charge in [0, 0.05) is 10.9 Å². The molecule has 0 bridgehead atoms. The Kier molecular flexibility index (Phi) is 4.76. The number of nitrogens with one attached hydrogen (secondary N) is 1. The number of hydrazone groups is 1. The van der Waals surface area contributed by atoms with E-state index in [0.29, 0.717) is 16.9 Å². The van der Waals surface area contributed by atoms with Crippen molar-refractivity contribution in [3.8, 4) is 5.75 Å². The molecule has 0 spiro atoms. The van der Waals surface area contributed by atoms with Crippen LogP contribution in [-0.2, 0) is 3.79 Å². The quantitative estimate of drug-likeness (QED) is 0.395. The number of hydrogen-bond acceptors (Lipinski definition) is 5. The van der Waals surface area contributed by atoms with Crippen LogP contribution in [-0.4, -0.2) is 21.3 Å². The van der Waals surface area contributed by atoms with E-state index in [0.717, 1.165) is 5.39 Å². The summed E-state index contributed by atoms with van der Waals surface area (Å²) in [7, 11) is 0. The fourth-order valence-electron chi connectivity index (χ4n) is 2.05. The second-order valence-electron chi connectivity index (χ2n) is 4.84. The summed E-state index contributed by atoms with van der Waals surface area (Å²) in [5.41, 5.74) is 3.99. The van der Waals surface area contributed by atoms with Crippen molar-refractivity contribution in [2.75, 3.05) is 5.43 Å². The van der Waals surface area contributed by atoms with Gasteiger partial charge in [-0.05, 0) is 24.3 Å². The Morgan fingerprint density at radius 3 is 2.46 bits per heavy atom. The Bertz CT molecular complexity index is 909. The number of fused-ring (bicyclic) bond motifs is 1. The van der Waals surface area contributed by atoms with E-state index in [1.165, 1.54) is 6.21 Å². The number of rotatable bonds is 3. The van der Waals surface area contributed by atoms with E-state index >= 15 is 0 Å². The third-order valence-electron chi connectivity index (χ3n) is 3.17. The highest BCUT2D eigenvalue weighted by Crippen LogP contribution is 2.37. The number of benzene rings is 2. The van der Waals surface area contributed by atoms with Gasteiger partial charge in [0.1, 0.15) is 5.75 Å². The number of hydrogen-bond donors (Lipinski definition) is 2. The molecule has 8 heteroatoms. The van der Waals surface area contributed by atoms with Gasteiger partial charge in [-0.15, -0.1) is 0 Å². The number of para-hydroxylation sites is 2. The van der Waals surface area contributed by atoms with Crippen molar-refractivity contribution in [2.24, 2.45) is 5.10 Å². The fraction of sp³-hybridized carbons (Fsp3) is 0.0625. The van der Waals surface area contributed by atoms with Gasteiger partial charge in [0.2, 0.25) is 3.79 Å². The van der Waals surface area contributed by atoms with Crippen LogP contribution >= 0.6 is 34.8 Å². The first-order valence-corrected chi connectivity index (χ1v) is 7.99. The zero-order valence-corrected chi connectivity index (χ0v) is 14.4. The van der Waals surface area contributed by atoms with Crippen LogP contribution in [0.2, 0.25) is 0 Å². The smallest absolute Gasteiger partial charge is 0.250 e. The van der Waals surface area contributed by atoms with Gasteiger partial charge < -0.3 is 5.11 Å². The molecule has 122 valence electrons. The summed E-state index contributed by atoms with van der Waals surface area (Å²) in [6.45, 7) is 0. The lowest BCUT2D eigenvalue weighted by Gasteiger charge is -2.12. The van der Waals surface area contributed by atoms with E-state index in [-0.39, 0.29) is 11.6 Å². The van der Waals surface area contributed by atoms with Crippen molar-refractivity contribution in [1.29, 1.82) is 0 Å². The molecule has 0 amide bonds. The van der Waals surface area contributed by atoms with E-state index in [1.54, 1.807) is 30.3 Å². The molecule has 24 heavy (non-hydrogen) atoms. The number of aromatic hydroxyl groups is 1. The number of halogens is 3. The van der Waals surface area contributed by atoms with E-state index < -0.39 is 3.79 Å². The molecule has 1 aromatic heterocycles. The molecule has 0 aliphatic heterocycles. The summed E-state index contributed by atoms with van der Waals surface area (Å²) < 4.78 is -1.75. The Morgan fingerprint density at radius 1 is 1.00 bits per heavy atom. The van der Waals surface area contributed by atoms with E-state index in [9.17, 15) is 5.11 Å². The minimum atomic E-state index is -1.75. The van der Waals surface area contributed by atoms with E-state index in [4.69, 9.17) is 34.8 Å². The Labute approximate surface area is 152 Å². The van der Waals surface area contributed by atoms with Crippen LogP contribution in [0, 0.1) is 0 Å². The van der Waals surface area contributed by atoms with Gasteiger partial charge in [0.25, 0.3) is 0 Å². The molecule has 1 heterocycles. The maximum Gasteiger partial charge on any atom is 0.250 e. The molecule has 3 aromatic rings. The third-order valence-corrected chi connectivity index (χ3v) is 3.67. The molecule has 2 aromatic carbocycles. The highest BCUT2D eigenvalue weighted by molar-refractivity contribution is 6.66. The number of alkyl halides is 3. The largest absolute Gasteiger partial charge is 0.507 e. The lowest BCUT2D eigenvalue weighted by Crippen LogP contribution is -2.09. The predicted octanol–water partition coefficient (Wildman–Crippen LogP) is 4.61. The van der Waals surface area contributed by atoms with Crippen molar-refractivity contribution in [2.45, 2.75) is 3.79 Å². The average molecular weight is 382 g/mol. The molecule has 0 atom stereocenters. The molecule has 0 aliphatic rings. The van der Waals surface area contributed by atoms with Crippen LogP contribution in [0.15, 0.2) is 53.6 Å². The zero-order chi connectivity index (χ0) is 17.2. The molecular formula is C16H11Cl3N4O. The SMILES string of the molecule is Oc1ccccc1/C=N/Nc1nc(C(Cl)(Cl)Cl)nc2ccccc12. The number of anilines is 1. The number of phenolic OH excluding ortho intramolecular Hbond substituents is 1. The summed E-state index contributed by atoms with van der Waals surface area (Å²) in [5, 5.41) is 14.6. The topological polar surface area (TPSA) is 70.4 Å². The van der Waals surface area contributed by atoms with Crippen molar-refractivity contribution in [3.05, 3.63) is 59.9 Å². The zero-order valence-electron chi connectivity index (χ0n) is 12.1. The maximum atomic E-state index is 9.73. The standard InChI is InChI=1S/C16H11Cl3N4O/c17-16(18,19)15-21-12-7-3-2-6-11(12)14(22-15)23-20-9-10-5-1-4-8-13(10)24/h1-9,24H,(H,21,22,23)/b20-9+. The summed E-state index contributed by atoms with van der Waals surface area (Å²) >= 11 is 17.7. The van der Waals surface area contributed by atoms with Gasteiger partial charge in [0.05, 0.1) is 11.7 Å². The summed E-state index contributed by atoms with van der Waals surface area (Å²) in [6.07, 6.45) is 1.47. The van der Waals surface area contributed by atoms with Crippen LogP contribution in [0.4, 0.5) is 5.82 Å². The highest BCUT2D eigenvalue weighted by Gasteiger charge is 2.28. The molecule has 0 saturated carbocycles. The van der Waals surface area contributed by atoms with Gasteiger partial charge in [-0.2, -0.15) is 5.10 Å². The lowest BCUT2D eigenvalue weighted by atomic mass is 10.2. The number of nitrogens with zero attached hydrogens (tertiary/aromatic N) is 3. The Balaban J connectivity index is 1.98. The van der Waals surface area contributed by atoms with Crippen molar-refractivity contribution >= 4 is 57.7 Å². The fourth-order valence-corrected chi connectivity index (χ4v) is 2.30. The monoisotopic (exact) mass is 380 g/mol. The Morgan fingerprint density at radius 2 is 1.71 bits per heavy atom. The highest BCUT2D eigenvalue weighted by atomic mass is 35.6. The second-order valence-corrected chi connectivity index (χ2v) is 7.12. The molecule has 5 nitrogen and oxygen atoms in total. The summed E-state index contributed by atoms with van der Waals surface area (Å²) in [5.74, 6) is 0.567. The lowest BCUT2D eigenvalue weighted by molar-refractivity contribution is 0.474. The molecule has 0 radical (unpaired) electrons. The van der Waals surface area contributed by atoms with Crippen molar-refractivity contribution in [1.82, 2.24) is 9.97 Å². The van der Waals surface area contributed by atoms with E-state index in [2.05, 4.69) is 20.5 Å². The molecule has 3 rings (SSSR count). The number of phenols is 1. The predicted molar refractivity (Wildman–Crippen MR) is 98.1 cm³/mol. The third kappa shape index (κ3) is 3.70. The van der Waals surface area contributed by atoms with Crippen LogP contribution in [0.1, 0.15) is 11.4 Å². The number of aromatic nitrogens is 2. The van der Waals surface area contributed by atoms with Crippen LogP contribution < -0.4 is 5.43 Å². The first kappa shape index (κ1) is 16.8. The Hall–Kier alpha value is -2.08. The van der Waals surface area contributed by atoms with Gasteiger partial charge in [-0.3, -0.25) is 5.43 Å². The van der Waals surface area contributed by atoms with Gasteiger partial charge in [-0.1, -0.05) is 59.1 Å².